The van der Waals surface area contributed by atoms with Crippen molar-refractivity contribution in [3.05, 3.63) is 41.6 Å². The van der Waals surface area contributed by atoms with Crippen LogP contribution in [0.1, 0.15) is 55.9 Å². The molecule has 1 aromatic heterocycles. The van der Waals surface area contributed by atoms with E-state index in [1.807, 2.05) is 6.92 Å². The maximum atomic E-state index is 14.0. The molecule has 1 saturated heterocycles. The standard InChI is InChI=1S/C24H30F2N4O3/c1-2-27-23(31)18-14-30(16-6-4-3-5-7-16)11-10-20(18)28-24(32)21-13-22(33-29-21)17-9-8-15(25)12-19(17)26/h8-9,12-13,16,18,20H,2-7,10-11,14H2,1H3,(H,27,31)(H,28,32). The molecule has 1 aromatic carbocycles. The van der Waals surface area contributed by atoms with Crippen molar-refractivity contribution in [2.24, 2.45) is 5.92 Å². The van der Waals surface area contributed by atoms with Gasteiger partial charge in [0.2, 0.25) is 5.91 Å². The summed E-state index contributed by atoms with van der Waals surface area (Å²) in [5.41, 5.74) is 0.00188. The number of piperidine rings is 1. The molecule has 0 radical (unpaired) electrons. The Morgan fingerprint density at radius 1 is 1.15 bits per heavy atom. The second kappa shape index (κ2) is 10.4. The van der Waals surface area contributed by atoms with E-state index in [4.69, 9.17) is 4.52 Å². The first-order valence-corrected chi connectivity index (χ1v) is 11.7. The SMILES string of the molecule is CCNC(=O)C1CN(C2CCCCC2)CCC1NC(=O)c1cc(-c2ccc(F)cc2F)on1. The van der Waals surface area contributed by atoms with Gasteiger partial charge >= 0.3 is 0 Å². The van der Waals surface area contributed by atoms with Gasteiger partial charge in [0.15, 0.2) is 11.5 Å². The van der Waals surface area contributed by atoms with Gasteiger partial charge in [0.25, 0.3) is 5.91 Å². The topological polar surface area (TPSA) is 87.5 Å². The van der Waals surface area contributed by atoms with Crippen LogP contribution in [0.2, 0.25) is 0 Å². The Kier molecular flexibility index (Phi) is 7.37. The van der Waals surface area contributed by atoms with Crippen LogP contribution < -0.4 is 10.6 Å². The maximum absolute atomic E-state index is 14.0. The number of benzene rings is 1. The van der Waals surface area contributed by atoms with E-state index in [0.717, 1.165) is 31.5 Å². The molecule has 2 N–H and O–H groups in total. The van der Waals surface area contributed by atoms with Crippen LogP contribution in [0, 0.1) is 17.6 Å². The van der Waals surface area contributed by atoms with Crippen molar-refractivity contribution in [3.63, 3.8) is 0 Å². The average molecular weight is 461 g/mol. The number of hydrogen-bond acceptors (Lipinski definition) is 5. The molecular formula is C24H30F2N4O3. The van der Waals surface area contributed by atoms with Crippen molar-refractivity contribution in [3.8, 4) is 11.3 Å². The van der Waals surface area contributed by atoms with E-state index in [0.29, 0.717) is 25.6 Å². The third-order valence-corrected chi connectivity index (χ3v) is 6.68. The fourth-order valence-corrected chi connectivity index (χ4v) is 4.94. The monoisotopic (exact) mass is 460 g/mol. The highest BCUT2D eigenvalue weighted by Gasteiger charge is 2.38. The quantitative estimate of drug-likeness (QED) is 0.689. The van der Waals surface area contributed by atoms with E-state index in [9.17, 15) is 18.4 Å². The Bertz CT molecular complexity index is 990. The number of nitrogens with zero attached hydrogens (tertiary/aromatic N) is 2. The van der Waals surface area contributed by atoms with Gasteiger partial charge in [-0.15, -0.1) is 0 Å². The van der Waals surface area contributed by atoms with Gasteiger partial charge in [-0.3, -0.25) is 14.5 Å². The lowest BCUT2D eigenvalue weighted by atomic mass is 9.87. The van der Waals surface area contributed by atoms with E-state index < -0.39 is 17.5 Å². The highest BCUT2D eigenvalue weighted by molar-refractivity contribution is 5.94. The van der Waals surface area contributed by atoms with E-state index >= 15 is 0 Å². The van der Waals surface area contributed by atoms with Gasteiger partial charge < -0.3 is 15.2 Å². The summed E-state index contributed by atoms with van der Waals surface area (Å²) in [5.74, 6) is -2.40. The number of carbonyl (C=O) groups is 2. The molecule has 2 fully saturated rings. The summed E-state index contributed by atoms with van der Waals surface area (Å²) in [6.07, 6.45) is 6.67. The molecule has 0 bridgehead atoms. The summed E-state index contributed by atoms with van der Waals surface area (Å²) in [6, 6.07) is 4.57. The van der Waals surface area contributed by atoms with E-state index in [2.05, 4.69) is 20.7 Å². The van der Waals surface area contributed by atoms with Crippen LogP contribution >= 0.6 is 0 Å². The Labute approximate surface area is 191 Å². The molecule has 2 aliphatic rings. The molecular weight excluding hydrogens is 430 g/mol. The molecule has 1 aliphatic heterocycles. The maximum Gasteiger partial charge on any atom is 0.273 e. The van der Waals surface area contributed by atoms with Crippen LogP contribution in [-0.2, 0) is 4.79 Å². The van der Waals surface area contributed by atoms with Gasteiger partial charge in [-0.05, 0) is 38.3 Å². The number of rotatable bonds is 6. The molecule has 33 heavy (non-hydrogen) atoms. The summed E-state index contributed by atoms with van der Waals surface area (Å²) >= 11 is 0. The Morgan fingerprint density at radius 3 is 2.67 bits per heavy atom. The van der Waals surface area contributed by atoms with Crippen LogP contribution in [0.3, 0.4) is 0 Å². The molecule has 7 nitrogen and oxygen atoms in total. The predicted octanol–water partition coefficient (Wildman–Crippen LogP) is 3.51. The number of aromatic nitrogens is 1. The lowest BCUT2D eigenvalue weighted by Gasteiger charge is -2.43. The zero-order valence-corrected chi connectivity index (χ0v) is 18.8. The summed E-state index contributed by atoms with van der Waals surface area (Å²) in [4.78, 5) is 28.1. The Hall–Kier alpha value is -2.81. The smallest absolute Gasteiger partial charge is 0.273 e. The van der Waals surface area contributed by atoms with Gasteiger partial charge in [-0.1, -0.05) is 24.4 Å². The lowest BCUT2D eigenvalue weighted by Crippen LogP contribution is -2.57. The number of halogens is 2. The van der Waals surface area contributed by atoms with Crippen molar-refractivity contribution >= 4 is 11.8 Å². The molecule has 1 aliphatic carbocycles. The predicted molar refractivity (Wildman–Crippen MR) is 118 cm³/mol. The van der Waals surface area contributed by atoms with E-state index in [1.165, 1.54) is 31.4 Å². The normalized spacial score (nSPS) is 22.2. The van der Waals surface area contributed by atoms with Crippen LogP contribution in [0.15, 0.2) is 28.8 Å². The number of carbonyl (C=O) groups excluding carboxylic acids is 2. The summed E-state index contributed by atoms with van der Waals surface area (Å²) < 4.78 is 32.3. The third kappa shape index (κ3) is 5.40. The molecule has 2 atom stereocenters. The molecule has 2 unspecified atom stereocenters. The molecule has 2 amide bonds. The van der Waals surface area contributed by atoms with Crippen molar-refractivity contribution in [1.82, 2.24) is 20.7 Å². The van der Waals surface area contributed by atoms with Gasteiger partial charge in [-0.2, -0.15) is 0 Å². The molecule has 0 spiro atoms. The van der Waals surface area contributed by atoms with Crippen LogP contribution in [0.4, 0.5) is 8.78 Å². The zero-order chi connectivity index (χ0) is 23.4. The molecule has 9 heteroatoms. The number of hydrogen-bond donors (Lipinski definition) is 2. The zero-order valence-electron chi connectivity index (χ0n) is 18.8. The van der Waals surface area contributed by atoms with Gasteiger partial charge in [0.1, 0.15) is 11.6 Å². The second-order valence-electron chi connectivity index (χ2n) is 8.86. The number of nitrogens with one attached hydrogen (secondary N) is 2. The average Bonchev–Trinajstić information content (AvgIpc) is 3.30. The Balaban J connectivity index is 1.45. The fraction of sp³-hybridized carbons (Fsp3) is 0.542. The van der Waals surface area contributed by atoms with Crippen molar-refractivity contribution < 1.29 is 22.9 Å². The Morgan fingerprint density at radius 2 is 1.94 bits per heavy atom. The van der Waals surface area contributed by atoms with Crippen molar-refractivity contribution in [1.29, 1.82) is 0 Å². The highest BCUT2D eigenvalue weighted by Crippen LogP contribution is 2.28. The van der Waals surface area contributed by atoms with E-state index in [1.54, 1.807) is 0 Å². The molecule has 178 valence electrons. The number of amides is 2. The molecule has 2 heterocycles. The largest absolute Gasteiger partial charge is 0.356 e. The van der Waals surface area contributed by atoms with Crippen molar-refractivity contribution in [2.75, 3.05) is 19.6 Å². The third-order valence-electron chi connectivity index (χ3n) is 6.68. The van der Waals surface area contributed by atoms with E-state index in [-0.39, 0.29) is 34.9 Å². The molecule has 2 aromatic rings. The van der Waals surface area contributed by atoms with Crippen LogP contribution in [0.5, 0.6) is 0 Å². The van der Waals surface area contributed by atoms with Gasteiger partial charge in [-0.25, -0.2) is 8.78 Å². The fourth-order valence-electron chi connectivity index (χ4n) is 4.94. The first-order chi connectivity index (χ1) is 16.0. The first-order valence-electron chi connectivity index (χ1n) is 11.7. The van der Waals surface area contributed by atoms with Gasteiger partial charge in [0, 0.05) is 43.9 Å². The minimum absolute atomic E-state index is 0.0157. The van der Waals surface area contributed by atoms with Crippen LogP contribution in [0.25, 0.3) is 11.3 Å². The molecule has 1 saturated carbocycles. The minimum Gasteiger partial charge on any atom is -0.356 e. The summed E-state index contributed by atoms with van der Waals surface area (Å²) in [6.45, 7) is 3.82. The minimum atomic E-state index is -0.801. The van der Waals surface area contributed by atoms with Crippen molar-refractivity contribution in [2.45, 2.75) is 57.5 Å². The second-order valence-corrected chi connectivity index (χ2v) is 8.86. The summed E-state index contributed by atoms with van der Waals surface area (Å²) in [7, 11) is 0. The summed E-state index contributed by atoms with van der Waals surface area (Å²) in [5, 5.41) is 9.59. The highest BCUT2D eigenvalue weighted by atomic mass is 19.1. The molecule has 4 rings (SSSR count). The lowest BCUT2D eigenvalue weighted by molar-refractivity contribution is -0.128. The van der Waals surface area contributed by atoms with Gasteiger partial charge in [0.05, 0.1) is 11.5 Å². The first kappa shape index (κ1) is 23.4. The number of likely N-dealkylation sites (tertiary alicyclic amines) is 1. The van der Waals surface area contributed by atoms with Crippen LogP contribution in [-0.4, -0.2) is 53.6 Å².